The van der Waals surface area contributed by atoms with Crippen LogP contribution < -0.4 is 0 Å². The van der Waals surface area contributed by atoms with Crippen LogP contribution in [-0.2, 0) is 0 Å². The van der Waals surface area contributed by atoms with Gasteiger partial charge in [-0.3, -0.25) is 0 Å². The summed E-state index contributed by atoms with van der Waals surface area (Å²) in [5.41, 5.74) is 0. The molecule has 0 spiro atoms. The number of piperidine rings is 9. The first-order valence-corrected chi connectivity index (χ1v) is 64.3. The highest BCUT2D eigenvalue weighted by Crippen LogP contribution is 2.42. The largest absolute Gasteiger partial charge is 0.303 e. The van der Waals surface area contributed by atoms with Crippen molar-refractivity contribution in [3.05, 3.63) is 0 Å². The van der Waals surface area contributed by atoms with E-state index in [9.17, 15) is 0 Å². The van der Waals surface area contributed by atoms with Crippen LogP contribution in [0.5, 0.6) is 0 Å². The van der Waals surface area contributed by atoms with Crippen LogP contribution in [0.2, 0.25) is 0 Å². The summed E-state index contributed by atoms with van der Waals surface area (Å²) in [4.78, 5) is 24.7. The predicted molar refractivity (Wildman–Crippen MR) is 622 cm³/mol. The molecule has 0 radical (unpaired) electrons. The Labute approximate surface area is 868 Å². The van der Waals surface area contributed by atoms with Gasteiger partial charge in [0.1, 0.15) is 0 Å². The van der Waals surface area contributed by atoms with E-state index in [4.69, 9.17) is 0 Å². The molecule has 9 heterocycles. The van der Waals surface area contributed by atoms with E-state index in [1.54, 1.807) is 0 Å². The maximum absolute atomic E-state index is 2.76. The number of hydrogen-bond donors (Lipinski definition) is 0. The Balaban J connectivity index is 0.000000754. The van der Waals surface area contributed by atoms with Crippen LogP contribution in [0.1, 0.15) is 538 Å². The van der Waals surface area contributed by atoms with Crippen molar-refractivity contribution in [2.75, 3.05) is 131 Å². The lowest BCUT2D eigenvalue weighted by Gasteiger charge is -2.44. The van der Waals surface area contributed by atoms with Crippen molar-refractivity contribution in [1.82, 2.24) is 44.1 Å². The van der Waals surface area contributed by atoms with E-state index in [0.717, 1.165) is 161 Å². The molecule has 18 atom stereocenters. The molecule has 137 heavy (non-hydrogen) atoms. The Morgan fingerprint density at radius 1 is 0.175 bits per heavy atom. The monoisotopic (exact) mass is 1930 g/mol. The molecule has 18 aliphatic rings. The lowest BCUT2D eigenvalue weighted by molar-refractivity contribution is 0.0505. The quantitative estimate of drug-likeness (QED) is 0.105. The Hall–Kier alpha value is -0.360. The molecule has 0 aromatic heterocycles. The first-order valence-electron chi connectivity index (χ1n) is 64.3. The van der Waals surface area contributed by atoms with Gasteiger partial charge in [-0.25, -0.2) is 0 Å². The molecule has 18 rings (SSSR count). The molecule has 9 heteroatoms. The Morgan fingerprint density at radius 2 is 0.321 bits per heavy atom. The molecule has 0 bridgehead atoms. The number of nitrogens with zero attached hydrogens (tertiary/aromatic N) is 9. The highest BCUT2D eigenvalue weighted by Gasteiger charge is 2.40. The summed E-state index contributed by atoms with van der Waals surface area (Å²) in [5.74, 6) is 19.6. The molecule has 0 unspecified atom stereocenters. The summed E-state index contributed by atoms with van der Waals surface area (Å²) >= 11 is 0. The fraction of sp³-hybridized carbons (Fsp3) is 1.00. The minimum absolute atomic E-state index is 0.937. The molecule has 9 aliphatic heterocycles. The molecule has 9 saturated carbocycles. The fourth-order valence-electron chi connectivity index (χ4n) is 26.4. The Kier molecular flexibility index (Phi) is 81.1. The molecule has 0 N–H and O–H groups in total. The van der Waals surface area contributed by atoms with Gasteiger partial charge in [0.05, 0.1) is 0 Å². The molecule has 9 aliphatic carbocycles. The van der Waals surface area contributed by atoms with E-state index in [2.05, 4.69) is 169 Å². The fourth-order valence-corrected chi connectivity index (χ4v) is 26.4. The summed E-state index contributed by atoms with van der Waals surface area (Å²) in [6.07, 6.45) is 65.6. The van der Waals surface area contributed by atoms with Gasteiger partial charge < -0.3 is 44.1 Å². The summed E-state index contributed by atoms with van der Waals surface area (Å²) in [7, 11) is 0. The minimum Gasteiger partial charge on any atom is -0.303 e. The predicted octanol–water partition coefficient (Wildman–Crippen LogP) is 35.9. The van der Waals surface area contributed by atoms with Crippen molar-refractivity contribution >= 4 is 0 Å². The molecule has 822 valence electrons. The van der Waals surface area contributed by atoms with Crippen LogP contribution >= 0.6 is 0 Å². The lowest BCUT2D eigenvalue weighted by Crippen LogP contribution is -2.47. The normalized spacial score (nSPS) is 32.3. The third kappa shape index (κ3) is 51.6. The highest BCUT2D eigenvalue weighted by molar-refractivity contribution is 4.94. The summed E-state index contributed by atoms with van der Waals surface area (Å²) in [6.45, 7) is 107. The average Bonchev–Trinajstić information content (AvgIpc) is 1.81. The van der Waals surface area contributed by atoms with Gasteiger partial charge in [0, 0.05) is 127 Å². The van der Waals surface area contributed by atoms with Crippen molar-refractivity contribution in [2.45, 2.75) is 580 Å². The zero-order valence-electron chi connectivity index (χ0n) is 102. The van der Waals surface area contributed by atoms with Gasteiger partial charge in [-0.1, -0.05) is 365 Å². The average molecular weight is 1930 g/mol. The second-order valence-electron chi connectivity index (χ2n) is 46.8. The van der Waals surface area contributed by atoms with Crippen LogP contribution in [0, 0.1) is 118 Å². The molecule has 0 amide bonds. The second-order valence-corrected chi connectivity index (χ2v) is 46.8. The number of hydrogen-bond acceptors (Lipinski definition) is 9. The van der Waals surface area contributed by atoms with Gasteiger partial charge in [-0.2, -0.15) is 0 Å². The molecular formula is C128H265N9. The first-order chi connectivity index (χ1) is 66.6. The van der Waals surface area contributed by atoms with Crippen molar-refractivity contribution in [2.24, 2.45) is 118 Å². The summed E-state index contributed by atoms with van der Waals surface area (Å²) in [5, 5.41) is 0. The van der Waals surface area contributed by atoms with Crippen LogP contribution in [0.15, 0.2) is 0 Å². The van der Waals surface area contributed by atoms with Gasteiger partial charge in [0.15, 0.2) is 0 Å². The maximum Gasteiger partial charge on any atom is 0.00953 e. The van der Waals surface area contributed by atoms with Crippen molar-refractivity contribution in [1.29, 1.82) is 0 Å². The second kappa shape index (κ2) is 82.5. The van der Waals surface area contributed by atoms with E-state index in [0.29, 0.717) is 0 Å². The number of likely N-dealkylation sites (tertiary alicyclic amines) is 9. The Bertz CT molecular complexity index is 2270. The van der Waals surface area contributed by atoms with Gasteiger partial charge >= 0.3 is 0 Å². The van der Waals surface area contributed by atoms with E-state index < -0.39 is 0 Å². The third-order valence-corrected chi connectivity index (χ3v) is 36.5. The molecule has 9 saturated heterocycles. The smallest absolute Gasteiger partial charge is 0.00953 e. The Morgan fingerprint density at radius 3 is 0.431 bits per heavy atom. The SMILES string of the molecule is CC.CC.CC.CC.CC.CC.CC.CC.CC.CCC[C@@H]1CCN(C2CCC2)C[C@@H]1C.CCC[C@@H]1CCN(C2CCC2)C[C@H]1C.CCC[C@H]1CCN(C2CCC2)C[C@@H]1C.CCC[C@H]1CCN(C2CCC2)C[C@H]1C.CC[C@H]1CCN(C2CCC2)C[C@@H]1C.CC[C@H]1CCN(C2CCC2)C[C@H]1C.CC[C@H]1CCN(C2CCC2)C[C@H]1C.C[C@@H]1C[C@H](C)CN(CC2CC2)C1.C[C@H]1C[C@H](C)CN(CC2CC2)C1. The van der Waals surface area contributed by atoms with Gasteiger partial charge in [0.25, 0.3) is 0 Å². The highest BCUT2D eigenvalue weighted by atomic mass is 15.2. The maximum atomic E-state index is 2.76. The summed E-state index contributed by atoms with van der Waals surface area (Å²) < 4.78 is 0. The minimum atomic E-state index is 0.937. The van der Waals surface area contributed by atoms with Crippen LogP contribution in [0.4, 0.5) is 0 Å². The van der Waals surface area contributed by atoms with Gasteiger partial charge in [-0.15, -0.1) is 0 Å². The van der Waals surface area contributed by atoms with Crippen molar-refractivity contribution in [3.8, 4) is 0 Å². The topological polar surface area (TPSA) is 29.2 Å². The van der Waals surface area contributed by atoms with Gasteiger partial charge in [0.2, 0.25) is 0 Å². The van der Waals surface area contributed by atoms with Crippen LogP contribution in [-0.4, -0.2) is 217 Å². The van der Waals surface area contributed by atoms with E-state index in [-0.39, 0.29) is 0 Å². The van der Waals surface area contributed by atoms with Crippen molar-refractivity contribution < 1.29 is 0 Å². The standard InChI is InChI=1S/4C13H25N.3C12H23N.2C11H21N.9C2H6/c4*1-3-5-12-8-9-14(10-11(12)2)13-6-4-7-13;3*1-3-11-7-8-13(9-10(11)2)12-5-4-6-12;2*1-9-5-10(2)7-12(6-9)8-11-3-4-11;9*1-2/h4*11-13H,3-10H2,1-2H3;3*10-12H,3-9H2,1-2H3;2*9-11H,3-8H2,1-2H3;9*1-2H3/t2*11-,12+;2*11-,12-;2*10-,11+;10-,11-;9-,10+;9-,10-;;;;;;;;;/m1010110.0........./s1. The lowest BCUT2D eigenvalue weighted by atomic mass is 9.81. The summed E-state index contributed by atoms with van der Waals surface area (Å²) in [6, 6.07) is 6.81. The van der Waals surface area contributed by atoms with E-state index >= 15 is 0 Å². The molecular weight excluding hydrogens is 1660 g/mol. The first kappa shape index (κ1) is 135. The molecule has 18 fully saturated rings. The molecule has 0 aromatic rings. The zero-order valence-corrected chi connectivity index (χ0v) is 102. The number of rotatable bonds is 22. The third-order valence-electron chi connectivity index (χ3n) is 36.5. The van der Waals surface area contributed by atoms with Gasteiger partial charge in [-0.05, 0) is 338 Å². The van der Waals surface area contributed by atoms with Crippen molar-refractivity contribution in [3.63, 3.8) is 0 Å². The zero-order chi connectivity index (χ0) is 103. The van der Waals surface area contributed by atoms with E-state index in [1.165, 1.54) is 420 Å². The van der Waals surface area contributed by atoms with Crippen LogP contribution in [0.3, 0.4) is 0 Å². The van der Waals surface area contributed by atoms with Crippen LogP contribution in [0.25, 0.3) is 0 Å². The van der Waals surface area contributed by atoms with E-state index in [1.807, 2.05) is 125 Å². The molecule has 0 aromatic carbocycles. The molecule has 9 nitrogen and oxygen atoms in total.